The van der Waals surface area contributed by atoms with Gasteiger partial charge in [0.1, 0.15) is 5.69 Å². The van der Waals surface area contributed by atoms with Crippen LogP contribution in [-0.4, -0.2) is 10.8 Å². The van der Waals surface area contributed by atoms with E-state index in [4.69, 9.17) is 0 Å². The average Bonchev–Trinajstić information content (AvgIpc) is 2.40. The van der Waals surface area contributed by atoms with E-state index >= 15 is 0 Å². The van der Waals surface area contributed by atoms with E-state index in [0.717, 1.165) is 12.8 Å². The Labute approximate surface area is 92.7 Å². The minimum atomic E-state index is -2.53. The molecule has 0 fully saturated rings. The highest BCUT2D eigenvalue weighted by Crippen LogP contribution is 2.29. The van der Waals surface area contributed by atoms with Crippen LogP contribution < -0.4 is 0 Å². The van der Waals surface area contributed by atoms with Crippen LogP contribution in [0.25, 0.3) is 0 Å². The SMILES string of the molecule is Cc1cc(C(F)F)c2c(n1)C(=O)CCCC2. The lowest BCUT2D eigenvalue weighted by atomic mass is 10.0. The molecule has 0 amide bonds. The summed E-state index contributed by atoms with van der Waals surface area (Å²) in [4.78, 5) is 15.8. The molecule has 0 unspecified atom stereocenters. The molecule has 2 nitrogen and oxygen atoms in total. The number of hydrogen-bond donors (Lipinski definition) is 0. The van der Waals surface area contributed by atoms with Crippen molar-refractivity contribution in [2.24, 2.45) is 0 Å². The van der Waals surface area contributed by atoms with E-state index in [1.54, 1.807) is 6.92 Å². The maximum atomic E-state index is 12.9. The molecule has 16 heavy (non-hydrogen) atoms. The molecule has 0 saturated heterocycles. The second kappa shape index (κ2) is 4.28. The molecule has 1 aliphatic carbocycles. The van der Waals surface area contributed by atoms with Gasteiger partial charge in [0.2, 0.25) is 0 Å². The Kier molecular flexibility index (Phi) is 2.99. The lowest BCUT2D eigenvalue weighted by Gasteiger charge is -2.11. The van der Waals surface area contributed by atoms with Gasteiger partial charge in [-0.3, -0.25) is 4.79 Å². The molecule has 2 rings (SSSR count). The third-order valence-electron chi connectivity index (χ3n) is 2.87. The van der Waals surface area contributed by atoms with Gasteiger partial charge >= 0.3 is 0 Å². The number of aromatic nitrogens is 1. The van der Waals surface area contributed by atoms with Gasteiger partial charge in [-0.05, 0) is 37.8 Å². The maximum Gasteiger partial charge on any atom is 0.264 e. The molecular formula is C12H13F2NO. The number of ketones is 1. The summed E-state index contributed by atoms with van der Waals surface area (Å²) < 4.78 is 25.7. The lowest BCUT2D eigenvalue weighted by Crippen LogP contribution is -2.08. The average molecular weight is 225 g/mol. The molecule has 0 aliphatic heterocycles. The molecule has 0 N–H and O–H groups in total. The van der Waals surface area contributed by atoms with Crippen LogP contribution in [0.2, 0.25) is 0 Å². The zero-order chi connectivity index (χ0) is 11.7. The van der Waals surface area contributed by atoms with Gasteiger partial charge in [-0.1, -0.05) is 0 Å². The fraction of sp³-hybridized carbons (Fsp3) is 0.500. The molecule has 4 heteroatoms. The summed E-state index contributed by atoms with van der Waals surface area (Å²) in [6.45, 7) is 1.64. The first-order valence-corrected chi connectivity index (χ1v) is 5.41. The molecule has 0 saturated carbocycles. The van der Waals surface area contributed by atoms with E-state index in [-0.39, 0.29) is 17.0 Å². The predicted molar refractivity (Wildman–Crippen MR) is 55.8 cm³/mol. The molecule has 1 aliphatic rings. The highest BCUT2D eigenvalue weighted by molar-refractivity contribution is 5.96. The van der Waals surface area contributed by atoms with Crippen LogP contribution in [0.3, 0.4) is 0 Å². The van der Waals surface area contributed by atoms with Crippen molar-refractivity contribution in [3.63, 3.8) is 0 Å². The minimum absolute atomic E-state index is 0.0160. The van der Waals surface area contributed by atoms with Crippen molar-refractivity contribution in [3.8, 4) is 0 Å². The van der Waals surface area contributed by atoms with Gasteiger partial charge in [-0.15, -0.1) is 0 Å². The second-order valence-electron chi connectivity index (χ2n) is 4.11. The molecule has 1 aromatic heterocycles. The first kappa shape index (κ1) is 11.2. The van der Waals surface area contributed by atoms with Crippen molar-refractivity contribution in [2.75, 3.05) is 0 Å². The van der Waals surface area contributed by atoms with Crippen molar-refractivity contribution < 1.29 is 13.6 Å². The standard InChI is InChI=1S/C12H13F2NO/c1-7-6-9(12(13)14)8-4-2-3-5-10(16)11(8)15-7/h6,12H,2-5H2,1H3. The Morgan fingerprint density at radius 1 is 1.31 bits per heavy atom. The highest BCUT2D eigenvalue weighted by atomic mass is 19.3. The van der Waals surface area contributed by atoms with Crippen molar-refractivity contribution in [1.29, 1.82) is 0 Å². The number of carbonyl (C=O) groups is 1. The third-order valence-corrected chi connectivity index (χ3v) is 2.87. The van der Waals surface area contributed by atoms with E-state index in [1.165, 1.54) is 6.07 Å². The first-order valence-electron chi connectivity index (χ1n) is 5.41. The zero-order valence-corrected chi connectivity index (χ0v) is 9.09. The van der Waals surface area contributed by atoms with Crippen LogP contribution in [0, 0.1) is 6.92 Å². The number of nitrogens with zero attached hydrogens (tertiary/aromatic N) is 1. The Bertz CT molecular complexity index is 429. The number of fused-ring (bicyclic) bond motifs is 1. The number of pyridine rings is 1. The lowest BCUT2D eigenvalue weighted by molar-refractivity contribution is 0.0976. The van der Waals surface area contributed by atoms with Gasteiger partial charge in [0.15, 0.2) is 5.78 Å². The molecule has 0 aromatic carbocycles. The molecule has 0 bridgehead atoms. The molecule has 1 heterocycles. The summed E-state index contributed by atoms with van der Waals surface area (Å²) in [5, 5.41) is 0. The van der Waals surface area contributed by atoms with Gasteiger partial charge in [0.05, 0.1) is 0 Å². The van der Waals surface area contributed by atoms with E-state index in [2.05, 4.69) is 4.98 Å². The van der Waals surface area contributed by atoms with Gasteiger partial charge in [-0.2, -0.15) is 0 Å². The van der Waals surface area contributed by atoms with Crippen LogP contribution in [0.5, 0.6) is 0 Å². The van der Waals surface area contributed by atoms with Crippen molar-refractivity contribution in [1.82, 2.24) is 4.98 Å². The Morgan fingerprint density at radius 3 is 2.69 bits per heavy atom. The normalized spacial score (nSPS) is 16.1. The largest absolute Gasteiger partial charge is 0.292 e. The topological polar surface area (TPSA) is 30.0 Å². The van der Waals surface area contributed by atoms with Crippen LogP contribution in [-0.2, 0) is 6.42 Å². The van der Waals surface area contributed by atoms with E-state index in [9.17, 15) is 13.6 Å². The van der Waals surface area contributed by atoms with Gasteiger partial charge < -0.3 is 0 Å². The minimum Gasteiger partial charge on any atom is -0.292 e. The van der Waals surface area contributed by atoms with Crippen LogP contribution in [0.1, 0.15) is 53.0 Å². The van der Waals surface area contributed by atoms with Gasteiger partial charge in [-0.25, -0.2) is 13.8 Å². The number of rotatable bonds is 1. The van der Waals surface area contributed by atoms with Crippen molar-refractivity contribution in [3.05, 3.63) is 28.6 Å². The molecular weight excluding hydrogens is 212 g/mol. The van der Waals surface area contributed by atoms with Crippen LogP contribution in [0.15, 0.2) is 6.07 Å². The predicted octanol–water partition coefficient (Wildman–Crippen LogP) is 3.24. The third kappa shape index (κ3) is 1.96. The Balaban J connectivity index is 2.60. The summed E-state index contributed by atoms with van der Waals surface area (Å²) >= 11 is 0. The summed E-state index contributed by atoms with van der Waals surface area (Å²) in [5.41, 5.74) is 1.21. The maximum absolute atomic E-state index is 12.9. The monoisotopic (exact) mass is 225 g/mol. The number of alkyl halides is 2. The molecule has 0 radical (unpaired) electrons. The van der Waals surface area contributed by atoms with E-state index < -0.39 is 6.43 Å². The number of aryl methyl sites for hydroxylation is 1. The number of halogens is 2. The van der Waals surface area contributed by atoms with Crippen molar-refractivity contribution in [2.45, 2.75) is 39.0 Å². The van der Waals surface area contributed by atoms with Crippen LogP contribution >= 0.6 is 0 Å². The van der Waals surface area contributed by atoms with Gasteiger partial charge in [0.25, 0.3) is 6.43 Å². The quantitative estimate of drug-likeness (QED) is 0.687. The Morgan fingerprint density at radius 2 is 2.00 bits per heavy atom. The highest BCUT2D eigenvalue weighted by Gasteiger charge is 2.23. The van der Waals surface area contributed by atoms with Crippen molar-refractivity contribution >= 4 is 5.78 Å². The van der Waals surface area contributed by atoms with Gasteiger partial charge in [0, 0.05) is 17.7 Å². The number of Topliss-reactive ketones (excluding diaryl/α,β-unsaturated/α-hetero) is 1. The Hall–Kier alpha value is -1.32. The molecule has 0 atom stereocenters. The molecule has 1 aromatic rings. The number of hydrogen-bond acceptors (Lipinski definition) is 2. The summed E-state index contributed by atoms with van der Waals surface area (Å²) in [5.74, 6) is -0.0990. The summed E-state index contributed by atoms with van der Waals surface area (Å²) in [6, 6.07) is 1.39. The van der Waals surface area contributed by atoms with Crippen LogP contribution in [0.4, 0.5) is 8.78 Å². The second-order valence-corrected chi connectivity index (χ2v) is 4.11. The fourth-order valence-corrected chi connectivity index (χ4v) is 2.12. The molecule has 0 spiro atoms. The summed E-state index contributed by atoms with van der Waals surface area (Å²) in [7, 11) is 0. The first-order chi connectivity index (χ1) is 7.59. The zero-order valence-electron chi connectivity index (χ0n) is 9.09. The summed E-state index contributed by atoms with van der Waals surface area (Å²) in [6.07, 6.45) is -0.0263. The number of carbonyl (C=O) groups excluding carboxylic acids is 1. The molecule has 86 valence electrons. The fourth-order valence-electron chi connectivity index (χ4n) is 2.12. The van der Waals surface area contributed by atoms with E-state index in [1.807, 2.05) is 0 Å². The smallest absolute Gasteiger partial charge is 0.264 e. The van der Waals surface area contributed by atoms with E-state index in [0.29, 0.717) is 24.1 Å².